The number of hydrogen-bond acceptors (Lipinski definition) is 2. The topological polar surface area (TPSA) is 20.6 Å². The van der Waals surface area contributed by atoms with Gasteiger partial charge in [-0.05, 0) is 64.5 Å². The smallest absolute Gasteiger partial charge is 0.0345 e. The largest absolute Gasteiger partial charge is 0.657 e. The van der Waals surface area contributed by atoms with Crippen molar-refractivity contribution in [2.75, 3.05) is 9.80 Å². The Bertz CT molecular complexity index is 1630. The van der Waals surface area contributed by atoms with Gasteiger partial charge in [0, 0.05) is 45.1 Å². The van der Waals surface area contributed by atoms with E-state index in [-0.39, 0.29) is 22.4 Å². The number of anilines is 4. The Morgan fingerprint density at radius 1 is 0.458 bits per heavy atom. The summed E-state index contributed by atoms with van der Waals surface area (Å²) in [6.07, 6.45) is 1.01. The molecular weight excluding hydrogens is 767 g/mol. The number of benzene rings is 5. The van der Waals surface area contributed by atoms with Gasteiger partial charge in [-0.3, -0.25) is 0 Å². The molecule has 1 radical (unpaired) electrons. The van der Waals surface area contributed by atoms with E-state index in [2.05, 4.69) is 174 Å². The molecule has 2 heterocycles. The normalized spacial score (nSPS) is 13.1. The standard InChI is InChI=1S/C31H39N2.C13H10N.Au/c1-20(2)24-13-11-14-25(21(3)4)30(24)32-19-33(29-18-10-9-17-28(29)32)31-26(22(5)6)15-12-16-27(31)23(7)8;1-3-7-12-10(5-1)9-11-6-2-4-8-13(11)14-12;/h9-23H,1-8H3;1-8H,9H2;/q2*-1;. The average molecular weight is 817 g/mol. The molecule has 0 spiro atoms. The summed E-state index contributed by atoms with van der Waals surface area (Å²) >= 11 is 0. The van der Waals surface area contributed by atoms with Crippen molar-refractivity contribution in [3.63, 3.8) is 0 Å². The molecule has 4 heteroatoms. The second-order valence-corrected chi connectivity index (χ2v) is 14.1. The van der Waals surface area contributed by atoms with Crippen LogP contribution in [0.25, 0.3) is 5.32 Å². The summed E-state index contributed by atoms with van der Waals surface area (Å²) in [5.74, 6) is 1.79. The van der Waals surface area contributed by atoms with Gasteiger partial charge in [0.15, 0.2) is 0 Å². The van der Waals surface area contributed by atoms with Crippen LogP contribution in [-0.2, 0) is 28.8 Å². The Balaban J connectivity index is 0.000000249. The van der Waals surface area contributed by atoms with Crippen LogP contribution in [0.15, 0.2) is 109 Å². The summed E-state index contributed by atoms with van der Waals surface area (Å²) in [7, 11) is 0. The van der Waals surface area contributed by atoms with Crippen LogP contribution in [0.2, 0.25) is 0 Å². The first-order valence-electron chi connectivity index (χ1n) is 17.3. The zero-order chi connectivity index (χ0) is 33.2. The molecule has 3 nitrogen and oxygen atoms in total. The van der Waals surface area contributed by atoms with Gasteiger partial charge >= 0.3 is 0 Å². The summed E-state index contributed by atoms with van der Waals surface area (Å²) in [6.45, 7) is 20.7. The molecule has 2 aliphatic heterocycles. The second kappa shape index (κ2) is 15.2. The van der Waals surface area contributed by atoms with Gasteiger partial charge < -0.3 is 15.1 Å². The van der Waals surface area contributed by atoms with Crippen molar-refractivity contribution in [2.45, 2.75) is 85.5 Å². The summed E-state index contributed by atoms with van der Waals surface area (Å²) < 4.78 is 0. The first-order valence-corrected chi connectivity index (χ1v) is 17.3. The minimum Gasteiger partial charge on any atom is -0.657 e. The summed E-state index contributed by atoms with van der Waals surface area (Å²) in [4.78, 5) is 4.89. The molecule has 0 aliphatic carbocycles. The molecule has 5 aromatic carbocycles. The molecule has 48 heavy (non-hydrogen) atoms. The van der Waals surface area contributed by atoms with Gasteiger partial charge in [0.05, 0.1) is 0 Å². The average Bonchev–Trinajstić information content (AvgIpc) is 3.45. The molecule has 0 bridgehead atoms. The first kappa shape index (κ1) is 35.5. The van der Waals surface area contributed by atoms with Crippen LogP contribution < -0.4 is 9.80 Å². The third-order valence-corrected chi connectivity index (χ3v) is 9.40. The van der Waals surface area contributed by atoms with Crippen LogP contribution in [0.4, 0.5) is 34.1 Å². The monoisotopic (exact) mass is 816 g/mol. The maximum Gasteiger partial charge on any atom is 0.0345 e. The Hall–Kier alpha value is -3.76. The van der Waals surface area contributed by atoms with E-state index in [1.54, 1.807) is 0 Å². The van der Waals surface area contributed by atoms with Gasteiger partial charge in [0.25, 0.3) is 0 Å². The van der Waals surface area contributed by atoms with Crippen molar-refractivity contribution < 1.29 is 22.4 Å². The number of rotatable bonds is 6. The van der Waals surface area contributed by atoms with E-state index < -0.39 is 0 Å². The van der Waals surface area contributed by atoms with Crippen molar-refractivity contribution in [3.05, 3.63) is 155 Å². The molecule has 0 aromatic heterocycles. The van der Waals surface area contributed by atoms with Crippen LogP contribution in [0, 0.1) is 6.67 Å². The minimum absolute atomic E-state index is 0. The molecule has 5 aromatic rings. The van der Waals surface area contributed by atoms with Gasteiger partial charge in [-0.2, -0.15) is 0 Å². The third-order valence-electron chi connectivity index (χ3n) is 9.40. The number of nitrogens with zero attached hydrogens (tertiary/aromatic N) is 3. The van der Waals surface area contributed by atoms with E-state index in [4.69, 9.17) is 0 Å². The molecule has 0 fully saturated rings. The predicted molar refractivity (Wildman–Crippen MR) is 203 cm³/mol. The van der Waals surface area contributed by atoms with E-state index in [1.807, 2.05) is 12.1 Å². The quantitative estimate of drug-likeness (QED) is 0.123. The summed E-state index contributed by atoms with van der Waals surface area (Å²) in [5, 5.41) is 4.61. The van der Waals surface area contributed by atoms with Crippen molar-refractivity contribution >= 4 is 34.1 Å². The molecule has 7 rings (SSSR count). The molecule has 2 aliphatic rings. The van der Waals surface area contributed by atoms with Crippen LogP contribution in [-0.4, -0.2) is 0 Å². The van der Waals surface area contributed by atoms with Crippen molar-refractivity contribution in [3.8, 4) is 0 Å². The van der Waals surface area contributed by atoms with Crippen molar-refractivity contribution in [1.82, 2.24) is 0 Å². The third kappa shape index (κ3) is 7.01. The molecule has 0 atom stereocenters. The summed E-state index contributed by atoms with van der Waals surface area (Å²) in [5.41, 5.74) is 15.7. The van der Waals surface area contributed by atoms with Crippen LogP contribution in [0.3, 0.4) is 0 Å². The minimum atomic E-state index is 0. The molecule has 0 saturated heterocycles. The van der Waals surface area contributed by atoms with E-state index in [0.717, 1.165) is 17.8 Å². The number of fused-ring (bicyclic) bond motifs is 3. The Morgan fingerprint density at radius 3 is 1.15 bits per heavy atom. The number of para-hydroxylation sites is 6. The fourth-order valence-corrected chi connectivity index (χ4v) is 6.92. The fraction of sp³-hybridized carbons (Fsp3) is 0.295. The van der Waals surface area contributed by atoms with E-state index in [0.29, 0.717) is 23.7 Å². The van der Waals surface area contributed by atoms with Crippen LogP contribution in [0.1, 0.15) is 112 Å². The van der Waals surface area contributed by atoms with Gasteiger partial charge in [0.2, 0.25) is 0 Å². The maximum atomic E-state index is 4.61. The molecule has 253 valence electrons. The first-order chi connectivity index (χ1) is 22.7. The maximum absolute atomic E-state index is 4.61. The Kier molecular flexibility index (Phi) is 11.3. The van der Waals surface area contributed by atoms with E-state index in [1.165, 1.54) is 56.1 Å². The van der Waals surface area contributed by atoms with E-state index >= 15 is 0 Å². The SMILES string of the molecule is CC(C)c1cccc(C(C)C)c1N1[CH-]N(c2c(C(C)C)cccc2C(C)C)c2ccccc21.[Au].c1ccc2c(c1)Cc1ccccc1[N-]2. The Labute approximate surface area is 304 Å². The zero-order valence-electron chi connectivity index (χ0n) is 29.6. The van der Waals surface area contributed by atoms with Crippen molar-refractivity contribution in [1.29, 1.82) is 0 Å². The van der Waals surface area contributed by atoms with E-state index in [9.17, 15) is 0 Å². The summed E-state index contributed by atoms with van der Waals surface area (Å²) in [6, 6.07) is 39.1. The fourth-order valence-electron chi connectivity index (χ4n) is 6.92. The van der Waals surface area contributed by atoms with Crippen LogP contribution >= 0.6 is 0 Å². The molecule has 0 N–H and O–H groups in total. The van der Waals surface area contributed by atoms with Gasteiger partial charge in [0.1, 0.15) is 0 Å². The van der Waals surface area contributed by atoms with Gasteiger partial charge in [-0.25, -0.2) is 0 Å². The Morgan fingerprint density at radius 2 is 0.792 bits per heavy atom. The molecule has 0 amide bonds. The zero-order valence-corrected chi connectivity index (χ0v) is 31.8. The number of hydrogen-bond donors (Lipinski definition) is 0. The van der Waals surface area contributed by atoms with Gasteiger partial charge in [-0.1, -0.05) is 164 Å². The van der Waals surface area contributed by atoms with Crippen LogP contribution in [0.5, 0.6) is 0 Å². The molecule has 0 saturated carbocycles. The second-order valence-electron chi connectivity index (χ2n) is 14.1. The molecule has 0 unspecified atom stereocenters. The predicted octanol–water partition coefficient (Wildman–Crippen LogP) is 13.5. The van der Waals surface area contributed by atoms with Gasteiger partial charge in [-0.15, -0.1) is 18.0 Å². The molecular formula is C44H49AuN3-2. The van der Waals surface area contributed by atoms with Crippen molar-refractivity contribution in [2.24, 2.45) is 0 Å².